The van der Waals surface area contributed by atoms with Gasteiger partial charge in [-0.15, -0.1) is 0 Å². The van der Waals surface area contributed by atoms with Gasteiger partial charge in [0.25, 0.3) is 0 Å². The first-order valence-corrected chi connectivity index (χ1v) is 8.56. The molecule has 0 radical (unpaired) electrons. The number of para-hydroxylation sites is 1. The summed E-state index contributed by atoms with van der Waals surface area (Å²) < 4.78 is 4.15. The van der Waals surface area contributed by atoms with E-state index in [-0.39, 0.29) is 11.8 Å². The molecule has 1 atom stereocenters. The molecule has 0 amide bonds. The van der Waals surface area contributed by atoms with Gasteiger partial charge in [0.05, 0.1) is 11.8 Å². The molecule has 0 spiro atoms. The maximum absolute atomic E-state index is 8.39. The van der Waals surface area contributed by atoms with E-state index in [2.05, 4.69) is 5.43 Å². The lowest BCUT2D eigenvalue weighted by atomic mass is 9.86. The van der Waals surface area contributed by atoms with Crippen molar-refractivity contribution in [2.45, 2.75) is 23.2 Å². The zero-order chi connectivity index (χ0) is 17.5. The number of hydrogen-bond donors (Lipinski definition) is 3. The number of benzene rings is 2. The fraction of sp³-hybridized carbons (Fsp3) is 0.235. The Kier molecular flexibility index (Phi) is 4.78. The fourth-order valence-corrected chi connectivity index (χ4v) is 3.30. The molecular formula is C17H16Cl3N3O. The number of nitrogens with one attached hydrogen (secondary N) is 2. The molecule has 0 fully saturated rings. The Labute approximate surface area is 155 Å². The third kappa shape index (κ3) is 2.89. The predicted octanol–water partition coefficient (Wildman–Crippen LogP) is 4.65. The van der Waals surface area contributed by atoms with E-state index in [1.54, 1.807) is 0 Å². The Hall–Kier alpha value is -1.30. The molecule has 3 rings (SSSR count). The zero-order valence-electron chi connectivity index (χ0n) is 12.9. The molecule has 2 aromatic carbocycles. The summed E-state index contributed by atoms with van der Waals surface area (Å²) in [6.07, 6.45) is 0.685. The minimum absolute atomic E-state index is 0.0931. The van der Waals surface area contributed by atoms with E-state index in [9.17, 15) is 0 Å². The standard InChI is InChI=1S/C17H16Cl3N3O/c1-2-9-7-8-12-14(13(9)16(21)17(18,19)20)15(23-22)10-5-3-4-6-11(10)24-12/h3-8,15,21,23H,2,22H2,1H3. The predicted molar refractivity (Wildman–Crippen MR) is 98.6 cm³/mol. The highest BCUT2D eigenvalue weighted by atomic mass is 35.6. The van der Waals surface area contributed by atoms with Crippen molar-refractivity contribution < 1.29 is 4.74 Å². The van der Waals surface area contributed by atoms with Crippen LogP contribution in [0.2, 0.25) is 0 Å². The summed E-state index contributed by atoms with van der Waals surface area (Å²) in [5.41, 5.74) is 5.76. The molecule has 1 unspecified atom stereocenters. The molecular weight excluding hydrogens is 369 g/mol. The Morgan fingerprint density at radius 3 is 2.54 bits per heavy atom. The largest absolute Gasteiger partial charge is 0.457 e. The third-order valence-electron chi connectivity index (χ3n) is 4.11. The number of fused-ring (bicyclic) bond motifs is 2. The van der Waals surface area contributed by atoms with Crippen molar-refractivity contribution in [3.05, 3.63) is 58.7 Å². The van der Waals surface area contributed by atoms with Crippen molar-refractivity contribution in [3.63, 3.8) is 0 Å². The number of rotatable bonds is 3. The number of hydrogen-bond acceptors (Lipinski definition) is 4. The fourth-order valence-electron chi connectivity index (χ4n) is 3.01. The van der Waals surface area contributed by atoms with E-state index in [0.29, 0.717) is 29.0 Å². The Morgan fingerprint density at radius 2 is 1.92 bits per heavy atom. The van der Waals surface area contributed by atoms with Gasteiger partial charge in [-0.1, -0.05) is 66.0 Å². The quantitative estimate of drug-likeness (QED) is 0.312. The Bertz CT molecular complexity index is 802. The maximum atomic E-state index is 8.39. The lowest BCUT2D eigenvalue weighted by Gasteiger charge is -2.31. The first-order chi connectivity index (χ1) is 11.4. The van der Waals surface area contributed by atoms with Crippen molar-refractivity contribution in [1.82, 2.24) is 5.43 Å². The average Bonchev–Trinajstić information content (AvgIpc) is 2.57. The van der Waals surface area contributed by atoms with Gasteiger partial charge < -0.3 is 10.1 Å². The summed E-state index contributed by atoms with van der Waals surface area (Å²) >= 11 is 18.0. The topological polar surface area (TPSA) is 71.1 Å². The van der Waals surface area contributed by atoms with Gasteiger partial charge in [-0.25, -0.2) is 5.43 Å². The monoisotopic (exact) mass is 383 g/mol. The normalized spacial score (nSPS) is 16.1. The van der Waals surface area contributed by atoms with Crippen LogP contribution in [-0.4, -0.2) is 9.50 Å². The summed E-state index contributed by atoms with van der Waals surface area (Å²) in [5, 5.41) is 8.39. The Balaban J connectivity index is 2.28. The second-order valence-electron chi connectivity index (χ2n) is 5.48. The number of alkyl halides is 3. The molecule has 7 heteroatoms. The highest BCUT2D eigenvalue weighted by molar-refractivity contribution is 6.77. The smallest absolute Gasteiger partial charge is 0.232 e. The summed E-state index contributed by atoms with van der Waals surface area (Å²) in [6.45, 7) is 1.99. The van der Waals surface area contributed by atoms with Crippen LogP contribution in [0.4, 0.5) is 0 Å². The molecule has 1 heterocycles. The molecule has 1 aliphatic heterocycles. The molecule has 4 N–H and O–H groups in total. The second-order valence-corrected chi connectivity index (χ2v) is 7.76. The molecule has 1 aliphatic rings. The van der Waals surface area contributed by atoms with Gasteiger partial charge in [-0.3, -0.25) is 5.84 Å². The van der Waals surface area contributed by atoms with Gasteiger partial charge in [0.2, 0.25) is 3.79 Å². The van der Waals surface area contributed by atoms with Crippen LogP contribution >= 0.6 is 34.8 Å². The van der Waals surface area contributed by atoms with E-state index in [1.165, 1.54) is 0 Å². The molecule has 24 heavy (non-hydrogen) atoms. The SMILES string of the molecule is CCc1ccc2c(c1C(=N)C(Cl)(Cl)Cl)C(NN)c1ccccc1O2. The van der Waals surface area contributed by atoms with Gasteiger partial charge >= 0.3 is 0 Å². The van der Waals surface area contributed by atoms with Crippen molar-refractivity contribution in [1.29, 1.82) is 5.41 Å². The van der Waals surface area contributed by atoms with E-state index >= 15 is 0 Å². The maximum Gasteiger partial charge on any atom is 0.232 e. The summed E-state index contributed by atoms with van der Waals surface area (Å²) in [5.74, 6) is 7.14. The van der Waals surface area contributed by atoms with Crippen molar-refractivity contribution in [2.75, 3.05) is 0 Å². The zero-order valence-corrected chi connectivity index (χ0v) is 15.1. The first-order valence-electron chi connectivity index (χ1n) is 7.43. The van der Waals surface area contributed by atoms with Crippen LogP contribution in [-0.2, 0) is 6.42 Å². The van der Waals surface area contributed by atoms with Crippen LogP contribution in [0.5, 0.6) is 11.5 Å². The van der Waals surface area contributed by atoms with Gasteiger partial charge in [-0.05, 0) is 24.1 Å². The van der Waals surface area contributed by atoms with Crippen LogP contribution in [0.1, 0.15) is 35.2 Å². The lowest BCUT2D eigenvalue weighted by molar-refractivity contribution is 0.430. The molecule has 0 bridgehead atoms. The van der Waals surface area contributed by atoms with E-state index in [4.69, 9.17) is 50.8 Å². The van der Waals surface area contributed by atoms with Gasteiger partial charge in [-0.2, -0.15) is 0 Å². The number of aryl methyl sites for hydroxylation is 1. The molecule has 4 nitrogen and oxygen atoms in total. The van der Waals surface area contributed by atoms with Gasteiger partial charge in [0, 0.05) is 16.7 Å². The molecule has 126 valence electrons. The first kappa shape index (κ1) is 17.5. The molecule has 0 aromatic heterocycles. The van der Waals surface area contributed by atoms with Crippen molar-refractivity contribution in [2.24, 2.45) is 5.84 Å². The summed E-state index contributed by atoms with van der Waals surface area (Å²) in [7, 11) is 0. The summed E-state index contributed by atoms with van der Waals surface area (Å²) in [6, 6.07) is 11.0. The third-order valence-corrected chi connectivity index (χ3v) is 4.68. The number of nitrogens with two attached hydrogens (primary N) is 1. The van der Waals surface area contributed by atoms with Gasteiger partial charge in [0.15, 0.2) is 0 Å². The minimum Gasteiger partial charge on any atom is -0.457 e. The highest BCUT2D eigenvalue weighted by Gasteiger charge is 2.36. The van der Waals surface area contributed by atoms with E-state index in [0.717, 1.165) is 11.1 Å². The lowest BCUT2D eigenvalue weighted by Crippen LogP contribution is -2.34. The van der Waals surface area contributed by atoms with Crippen molar-refractivity contribution >= 4 is 40.5 Å². The molecule has 2 aromatic rings. The summed E-state index contributed by atoms with van der Waals surface area (Å²) in [4.78, 5) is 0. The van der Waals surface area contributed by atoms with Crippen LogP contribution in [0.3, 0.4) is 0 Å². The van der Waals surface area contributed by atoms with Crippen molar-refractivity contribution in [3.8, 4) is 11.5 Å². The number of halogens is 3. The molecule has 0 saturated carbocycles. The minimum atomic E-state index is -1.84. The van der Waals surface area contributed by atoms with Gasteiger partial charge in [0.1, 0.15) is 11.5 Å². The second kappa shape index (κ2) is 6.54. The van der Waals surface area contributed by atoms with Crippen LogP contribution in [0, 0.1) is 5.41 Å². The van der Waals surface area contributed by atoms with E-state index < -0.39 is 3.79 Å². The number of hydrazine groups is 1. The molecule has 0 saturated heterocycles. The molecule has 0 aliphatic carbocycles. The highest BCUT2D eigenvalue weighted by Crippen LogP contribution is 2.46. The van der Waals surface area contributed by atoms with Crippen LogP contribution < -0.4 is 16.0 Å². The number of ether oxygens (including phenoxy) is 1. The van der Waals surface area contributed by atoms with E-state index in [1.807, 2.05) is 43.3 Å². The van der Waals surface area contributed by atoms with Crippen LogP contribution in [0.25, 0.3) is 0 Å². The Morgan fingerprint density at radius 1 is 1.21 bits per heavy atom. The average molecular weight is 385 g/mol. The van der Waals surface area contributed by atoms with Crippen LogP contribution in [0.15, 0.2) is 36.4 Å².